The van der Waals surface area contributed by atoms with Gasteiger partial charge in [0.05, 0.1) is 0 Å². The van der Waals surface area contributed by atoms with Crippen LogP contribution in [0.15, 0.2) is 29.3 Å². The molecular formula is C13H18ClN3. The molecule has 17 heavy (non-hydrogen) atoms. The Balaban J connectivity index is 1.66. The van der Waals surface area contributed by atoms with Crippen LogP contribution >= 0.6 is 11.6 Å². The van der Waals surface area contributed by atoms with Crippen molar-refractivity contribution in [3.05, 3.63) is 34.9 Å². The van der Waals surface area contributed by atoms with E-state index in [1.165, 1.54) is 5.56 Å². The number of nitrogens with one attached hydrogen (secondary N) is 2. The van der Waals surface area contributed by atoms with Gasteiger partial charge in [-0.05, 0) is 37.0 Å². The minimum Gasteiger partial charge on any atom is -0.356 e. The first-order valence-electron chi connectivity index (χ1n) is 6.11. The molecule has 1 aromatic carbocycles. The number of hydrogen-bond donors (Lipinski definition) is 2. The van der Waals surface area contributed by atoms with E-state index < -0.39 is 0 Å². The van der Waals surface area contributed by atoms with Crippen molar-refractivity contribution in [2.45, 2.75) is 19.3 Å². The molecule has 92 valence electrons. The first kappa shape index (κ1) is 12.2. The van der Waals surface area contributed by atoms with Crippen molar-refractivity contribution in [1.82, 2.24) is 10.6 Å². The molecule has 0 aliphatic carbocycles. The van der Waals surface area contributed by atoms with Crippen LogP contribution in [-0.4, -0.2) is 25.6 Å². The smallest absolute Gasteiger partial charge is 0.191 e. The number of rotatable bonds is 4. The Morgan fingerprint density at radius 2 is 2.12 bits per heavy atom. The maximum absolute atomic E-state index is 5.84. The van der Waals surface area contributed by atoms with E-state index in [2.05, 4.69) is 27.8 Å². The van der Waals surface area contributed by atoms with Crippen LogP contribution in [-0.2, 0) is 6.42 Å². The van der Waals surface area contributed by atoms with E-state index in [0.717, 1.165) is 49.9 Å². The van der Waals surface area contributed by atoms with Gasteiger partial charge in [0.15, 0.2) is 5.96 Å². The van der Waals surface area contributed by atoms with Crippen LogP contribution in [0.1, 0.15) is 18.4 Å². The largest absolute Gasteiger partial charge is 0.356 e. The summed E-state index contributed by atoms with van der Waals surface area (Å²) < 4.78 is 0. The molecule has 0 radical (unpaired) electrons. The molecule has 1 aromatic rings. The fraction of sp³-hybridized carbons (Fsp3) is 0.462. The maximum Gasteiger partial charge on any atom is 0.191 e. The van der Waals surface area contributed by atoms with E-state index >= 15 is 0 Å². The van der Waals surface area contributed by atoms with Crippen LogP contribution in [0.25, 0.3) is 0 Å². The molecular weight excluding hydrogens is 234 g/mol. The summed E-state index contributed by atoms with van der Waals surface area (Å²) in [7, 11) is 0. The number of aryl methyl sites for hydroxylation is 1. The minimum absolute atomic E-state index is 0.799. The molecule has 1 aliphatic heterocycles. The second kappa shape index (κ2) is 6.50. The van der Waals surface area contributed by atoms with Gasteiger partial charge in [-0.25, -0.2) is 0 Å². The van der Waals surface area contributed by atoms with E-state index in [0.29, 0.717) is 0 Å². The standard InChI is InChI=1S/C13H18ClN3/c14-12-6-4-11(5-7-12)3-1-8-15-13-16-9-2-10-17-13/h4-7H,1-3,8-10H2,(H2,15,16,17). The molecule has 0 fully saturated rings. The van der Waals surface area contributed by atoms with Crippen LogP contribution in [0.2, 0.25) is 5.02 Å². The molecule has 0 aromatic heterocycles. The average molecular weight is 252 g/mol. The fourth-order valence-corrected chi connectivity index (χ4v) is 1.93. The first-order chi connectivity index (χ1) is 8.34. The molecule has 2 rings (SSSR count). The zero-order valence-corrected chi connectivity index (χ0v) is 10.6. The summed E-state index contributed by atoms with van der Waals surface area (Å²) in [5, 5.41) is 7.36. The minimum atomic E-state index is 0.799. The molecule has 0 saturated heterocycles. The summed E-state index contributed by atoms with van der Waals surface area (Å²) in [6.07, 6.45) is 3.30. The molecule has 4 heteroatoms. The van der Waals surface area contributed by atoms with E-state index in [1.807, 2.05) is 12.1 Å². The van der Waals surface area contributed by atoms with Crippen molar-refractivity contribution >= 4 is 17.6 Å². The Labute approximate surface area is 107 Å². The highest BCUT2D eigenvalue weighted by Gasteiger charge is 2.02. The van der Waals surface area contributed by atoms with Gasteiger partial charge in [-0.15, -0.1) is 0 Å². The molecule has 3 nitrogen and oxygen atoms in total. The lowest BCUT2D eigenvalue weighted by molar-refractivity contribution is 0.686. The SMILES string of the molecule is Clc1ccc(CCCNC2=NCCCN2)cc1. The predicted octanol–water partition coefficient (Wildman–Crippen LogP) is 2.21. The van der Waals surface area contributed by atoms with Gasteiger partial charge < -0.3 is 10.6 Å². The van der Waals surface area contributed by atoms with Gasteiger partial charge >= 0.3 is 0 Å². The number of guanidine groups is 1. The Morgan fingerprint density at radius 3 is 2.82 bits per heavy atom. The maximum atomic E-state index is 5.84. The summed E-state index contributed by atoms with van der Waals surface area (Å²) in [6, 6.07) is 8.05. The van der Waals surface area contributed by atoms with Gasteiger partial charge in [-0.1, -0.05) is 23.7 Å². The molecule has 1 aliphatic rings. The number of aliphatic imine (C=N–C) groups is 1. The lowest BCUT2D eigenvalue weighted by atomic mass is 10.1. The molecule has 0 saturated carbocycles. The van der Waals surface area contributed by atoms with Gasteiger partial charge in [0.2, 0.25) is 0 Å². The zero-order valence-electron chi connectivity index (χ0n) is 9.88. The van der Waals surface area contributed by atoms with E-state index in [9.17, 15) is 0 Å². The second-order valence-corrected chi connectivity index (χ2v) is 4.60. The summed E-state index contributed by atoms with van der Waals surface area (Å²) >= 11 is 5.84. The average Bonchev–Trinajstić information content (AvgIpc) is 2.38. The van der Waals surface area contributed by atoms with Crippen molar-refractivity contribution in [1.29, 1.82) is 0 Å². The van der Waals surface area contributed by atoms with Crippen LogP contribution in [0.4, 0.5) is 0 Å². The second-order valence-electron chi connectivity index (χ2n) is 4.17. The van der Waals surface area contributed by atoms with Gasteiger partial charge in [0.1, 0.15) is 0 Å². The topological polar surface area (TPSA) is 36.4 Å². The molecule has 0 bridgehead atoms. The Bertz CT molecular complexity index is 373. The first-order valence-corrected chi connectivity index (χ1v) is 6.49. The molecule has 0 unspecified atom stereocenters. The third-order valence-corrected chi connectivity index (χ3v) is 3.00. The summed E-state index contributed by atoms with van der Waals surface area (Å²) in [6.45, 7) is 2.92. The Kier molecular flexibility index (Phi) is 4.68. The Morgan fingerprint density at radius 1 is 1.29 bits per heavy atom. The summed E-state index contributed by atoms with van der Waals surface area (Å²) in [5.74, 6) is 0.951. The highest BCUT2D eigenvalue weighted by Crippen LogP contribution is 2.10. The van der Waals surface area contributed by atoms with Crippen LogP contribution < -0.4 is 10.6 Å². The van der Waals surface area contributed by atoms with Crippen molar-refractivity contribution in [3.63, 3.8) is 0 Å². The molecule has 2 N–H and O–H groups in total. The van der Waals surface area contributed by atoms with Crippen LogP contribution in [0, 0.1) is 0 Å². The summed E-state index contributed by atoms with van der Waals surface area (Å²) in [4.78, 5) is 4.36. The lowest BCUT2D eigenvalue weighted by Gasteiger charge is -2.15. The van der Waals surface area contributed by atoms with Crippen molar-refractivity contribution in [2.75, 3.05) is 19.6 Å². The molecule has 0 atom stereocenters. The van der Waals surface area contributed by atoms with Gasteiger partial charge in [0, 0.05) is 24.7 Å². The highest BCUT2D eigenvalue weighted by molar-refractivity contribution is 6.30. The van der Waals surface area contributed by atoms with Gasteiger partial charge in [-0.3, -0.25) is 4.99 Å². The van der Waals surface area contributed by atoms with E-state index in [4.69, 9.17) is 11.6 Å². The van der Waals surface area contributed by atoms with Crippen LogP contribution in [0.5, 0.6) is 0 Å². The fourth-order valence-electron chi connectivity index (χ4n) is 1.80. The monoisotopic (exact) mass is 251 g/mol. The molecule has 0 amide bonds. The highest BCUT2D eigenvalue weighted by atomic mass is 35.5. The predicted molar refractivity (Wildman–Crippen MR) is 72.7 cm³/mol. The van der Waals surface area contributed by atoms with Crippen LogP contribution in [0.3, 0.4) is 0 Å². The van der Waals surface area contributed by atoms with Gasteiger partial charge in [0.25, 0.3) is 0 Å². The Hall–Kier alpha value is -1.22. The normalized spacial score (nSPS) is 15.0. The van der Waals surface area contributed by atoms with Crippen molar-refractivity contribution < 1.29 is 0 Å². The van der Waals surface area contributed by atoms with Crippen molar-refractivity contribution in [3.8, 4) is 0 Å². The molecule has 1 heterocycles. The third-order valence-electron chi connectivity index (χ3n) is 2.75. The van der Waals surface area contributed by atoms with E-state index in [1.54, 1.807) is 0 Å². The quantitative estimate of drug-likeness (QED) is 0.805. The number of hydrogen-bond acceptors (Lipinski definition) is 3. The third kappa shape index (κ3) is 4.27. The zero-order chi connectivity index (χ0) is 11.9. The van der Waals surface area contributed by atoms with E-state index in [-0.39, 0.29) is 0 Å². The van der Waals surface area contributed by atoms with Gasteiger partial charge in [-0.2, -0.15) is 0 Å². The number of benzene rings is 1. The lowest BCUT2D eigenvalue weighted by Crippen LogP contribution is -2.41. The molecule has 0 spiro atoms. The van der Waals surface area contributed by atoms with Crippen molar-refractivity contribution in [2.24, 2.45) is 4.99 Å². The number of halogens is 1. The summed E-state index contributed by atoms with van der Waals surface area (Å²) in [5.41, 5.74) is 1.33. The number of nitrogens with zero attached hydrogens (tertiary/aromatic N) is 1.